The number of benzene rings is 1. The third-order valence-electron chi connectivity index (χ3n) is 3.26. The number of hydrogen-bond donors (Lipinski definition) is 1. The molecule has 1 amide bonds. The molecule has 1 aromatic carbocycles. The maximum atomic E-state index is 12.4. The third-order valence-corrected chi connectivity index (χ3v) is 3.55. The number of carbonyl (C=O) groups excluding carboxylic acids is 1. The lowest BCUT2D eigenvalue weighted by Gasteiger charge is -2.19. The maximum Gasteiger partial charge on any atom is 0.253 e. The van der Waals surface area contributed by atoms with Gasteiger partial charge in [0.25, 0.3) is 5.91 Å². The molecular weight excluding hydrogens is 304 g/mol. The molecule has 1 N–H and O–H groups in total. The molecule has 1 rings (SSSR count). The first-order valence-corrected chi connectivity index (χ1v) is 7.83. The SMILES string of the molecule is CCCCOc1c(Cl)cc(C(=O)N(C)CCNC)cc1OC. The number of likely N-dealkylation sites (N-methyl/N-ethyl adjacent to an activating group) is 2. The summed E-state index contributed by atoms with van der Waals surface area (Å²) in [6.45, 7) is 4.00. The van der Waals surface area contributed by atoms with Crippen LogP contribution in [-0.2, 0) is 0 Å². The second-order valence-corrected chi connectivity index (χ2v) is 5.43. The van der Waals surface area contributed by atoms with Crippen molar-refractivity contribution < 1.29 is 14.3 Å². The van der Waals surface area contributed by atoms with Crippen LogP contribution in [0.1, 0.15) is 30.1 Å². The van der Waals surface area contributed by atoms with Gasteiger partial charge in [0.1, 0.15) is 0 Å². The summed E-state index contributed by atoms with van der Waals surface area (Å²) in [5.41, 5.74) is 0.489. The Morgan fingerprint density at radius 1 is 1.41 bits per heavy atom. The Morgan fingerprint density at radius 3 is 2.73 bits per heavy atom. The van der Waals surface area contributed by atoms with Gasteiger partial charge in [-0.05, 0) is 25.6 Å². The van der Waals surface area contributed by atoms with Crippen LogP contribution in [0.4, 0.5) is 0 Å². The van der Waals surface area contributed by atoms with E-state index in [9.17, 15) is 4.79 Å². The highest BCUT2D eigenvalue weighted by Crippen LogP contribution is 2.36. The van der Waals surface area contributed by atoms with E-state index in [1.807, 2.05) is 7.05 Å². The normalized spacial score (nSPS) is 10.4. The van der Waals surface area contributed by atoms with Crippen LogP contribution >= 0.6 is 11.6 Å². The minimum atomic E-state index is -0.101. The Morgan fingerprint density at radius 2 is 2.14 bits per heavy atom. The number of ether oxygens (including phenoxy) is 2. The van der Waals surface area contributed by atoms with Crippen LogP contribution < -0.4 is 14.8 Å². The van der Waals surface area contributed by atoms with Gasteiger partial charge < -0.3 is 19.7 Å². The zero-order valence-corrected chi connectivity index (χ0v) is 14.5. The van der Waals surface area contributed by atoms with Gasteiger partial charge in [-0.1, -0.05) is 24.9 Å². The molecule has 22 heavy (non-hydrogen) atoms. The molecule has 0 saturated heterocycles. The van der Waals surface area contributed by atoms with Crippen molar-refractivity contribution in [2.45, 2.75) is 19.8 Å². The fraction of sp³-hybridized carbons (Fsp3) is 0.562. The molecule has 0 heterocycles. The molecule has 5 nitrogen and oxygen atoms in total. The molecule has 0 fully saturated rings. The van der Waals surface area contributed by atoms with Crippen molar-refractivity contribution in [2.75, 3.05) is 40.9 Å². The fourth-order valence-electron chi connectivity index (χ4n) is 1.90. The minimum absolute atomic E-state index is 0.101. The standard InChI is InChI=1S/C16H25ClN2O3/c1-5-6-9-22-15-13(17)10-12(11-14(15)21-4)16(20)19(3)8-7-18-2/h10-11,18H,5-9H2,1-4H3. The zero-order chi connectivity index (χ0) is 16.5. The van der Waals surface area contributed by atoms with E-state index in [0.29, 0.717) is 35.2 Å². The van der Waals surface area contributed by atoms with Gasteiger partial charge in [0.2, 0.25) is 0 Å². The number of carbonyl (C=O) groups is 1. The molecule has 0 atom stereocenters. The first-order chi connectivity index (χ1) is 10.5. The highest BCUT2D eigenvalue weighted by Gasteiger charge is 2.18. The molecular formula is C16H25ClN2O3. The summed E-state index contributed by atoms with van der Waals surface area (Å²) in [5.74, 6) is 0.872. The van der Waals surface area contributed by atoms with Crippen molar-refractivity contribution in [3.8, 4) is 11.5 Å². The summed E-state index contributed by atoms with van der Waals surface area (Å²) in [4.78, 5) is 14.0. The molecule has 0 radical (unpaired) electrons. The van der Waals surface area contributed by atoms with Crippen molar-refractivity contribution >= 4 is 17.5 Å². The Bertz CT molecular complexity index is 495. The average molecular weight is 329 g/mol. The Balaban J connectivity index is 2.94. The molecule has 124 valence electrons. The minimum Gasteiger partial charge on any atom is -0.493 e. The van der Waals surface area contributed by atoms with Gasteiger partial charge in [0, 0.05) is 25.7 Å². The number of nitrogens with one attached hydrogen (secondary N) is 1. The van der Waals surface area contributed by atoms with Gasteiger partial charge in [-0.15, -0.1) is 0 Å². The smallest absolute Gasteiger partial charge is 0.253 e. The van der Waals surface area contributed by atoms with E-state index in [1.165, 1.54) is 7.11 Å². The van der Waals surface area contributed by atoms with Gasteiger partial charge in [0.15, 0.2) is 11.5 Å². The molecule has 0 aliphatic rings. The summed E-state index contributed by atoms with van der Waals surface area (Å²) in [6, 6.07) is 3.30. The van der Waals surface area contributed by atoms with E-state index in [1.54, 1.807) is 24.1 Å². The van der Waals surface area contributed by atoms with Crippen LogP contribution in [0.2, 0.25) is 5.02 Å². The summed E-state index contributed by atoms with van der Waals surface area (Å²) in [5, 5.41) is 3.40. The molecule has 6 heteroatoms. The van der Waals surface area contributed by atoms with E-state index in [4.69, 9.17) is 21.1 Å². The third kappa shape index (κ3) is 5.07. The summed E-state index contributed by atoms with van der Waals surface area (Å²) in [6.07, 6.45) is 1.97. The van der Waals surface area contributed by atoms with Crippen LogP contribution in [-0.4, -0.2) is 51.7 Å². The largest absolute Gasteiger partial charge is 0.493 e. The lowest BCUT2D eigenvalue weighted by Crippen LogP contribution is -2.32. The van der Waals surface area contributed by atoms with Crippen molar-refractivity contribution in [3.05, 3.63) is 22.7 Å². The van der Waals surface area contributed by atoms with Crippen LogP contribution in [0.25, 0.3) is 0 Å². The van der Waals surface area contributed by atoms with E-state index in [2.05, 4.69) is 12.2 Å². The van der Waals surface area contributed by atoms with E-state index >= 15 is 0 Å². The number of hydrogen-bond acceptors (Lipinski definition) is 4. The number of unbranched alkanes of at least 4 members (excludes halogenated alkanes) is 1. The highest BCUT2D eigenvalue weighted by molar-refractivity contribution is 6.32. The molecule has 0 bridgehead atoms. The topological polar surface area (TPSA) is 50.8 Å². The van der Waals surface area contributed by atoms with Gasteiger partial charge >= 0.3 is 0 Å². The lowest BCUT2D eigenvalue weighted by molar-refractivity contribution is 0.0796. The first-order valence-electron chi connectivity index (χ1n) is 7.45. The Kier molecular flexibility index (Phi) is 8.06. The van der Waals surface area contributed by atoms with Gasteiger partial charge in [-0.25, -0.2) is 0 Å². The summed E-state index contributed by atoms with van der Waals surface area (Å²) in [7, 11) is 5.14. The number of nitrogens with zero attached hydrogens (tertiary/aromatic N) is 1. The van der Waals surface area contributed by atoms with E-state index in [-0.39, 0.29) is 5.91 Å². The molecule has 0 aliphatic heterocycles. The highest BCUT2D eigenvalue weighted by atomic mass is 35.5. The fourth-order valence-corrected chi connectivity index (χ4v) is 2.17. The van der Waals surface area contributed by atoms with Crippen LogP contribution in [0.3, 0.4) is 0 Å². The second-order valence-electron chi connectivity index (χ2n) is 5.02. The number of rotatable bonds is 9. The average Bonchev–Trinajstić information content (AvgIpc) is 2.52. The predicted molar refractivity (Wildman–Crippen MR) is 89.3 cm³/mol. The van der Waals surface area contributed by atoms with Crippen molar-refractivity contribution in [1.82, 2.24) is 10.2 Å². The van der Waals surface area contributed by atoms with Crippen LogP contribution in [0, 0.1) is 0 Å². The zero-order valence-electron chi connectivity index (χ0n) is 13.7. The van der Waals surface area contributed by atoms with Crippen LogP contribution in [0.15, 0.2) is 12.1 Å². The number of halogens is 1. The van der Waals surface area contributed by atoms with Crippen molar-refractivity contribution in [2.24, 2.45) is 0 Å². The first kappa shape index (κ1) is 18.6. The molecule has 1 aromatic rings. The molecule has 0 unspecified atom stereocenters. The van der Waals surface area contributed by atoms with Gasteiger partial charge in [0.05, 0.1) is 18.7 Å². The summed E-state index contributed by atoms with van der Waals surface area (Å²) < 4.78 is 11.0. The number of amides is 1. The van der Waals surface area contributed by atoms with E-state index < -0.39 is 0 Å². The maximum absolute atomic E-state index is 12.4. The van der Waals surface area contributed by atoms with Gasteiger partial charge in [-0.3, -0.25) is 4.79 Å². The molecule has 0 spiro atoms. The number of methoxy groups -OCH3 is 1. The van der Waals surface area contributed by atoms with E-state index in [0.717, 1.165) is 19.4 Å². The quantitative estimate of drug-likeness (QED) is 0.708. The van der Waals surface area contributed by atoms with Crippen molar-refractivity contribution in [3.63, 3.8) is 0 Å². The van der Waals surface area contributed by atoms with Crippen molar-refractivity contribution in [1.29, 1.82) is 0 Å². The molecule has 0 aromatic heterocycles. The monoisotopic (exact) mass is 328 g/mol. The molecule has 0 saturated carbocycles. The Labute approximate surface area is 137 Å². The second kappa shape index (κ2) is 9.54. The lowest BCUT2D eigenvalue weighted by atomic mass is 10.1. The van der Waals surface area contributed by atoms with Gasteiger partial charge in [-0.2, -0.15) is 0 Å². The summed E-state index contributed by atoms with van der Waals surface area (Å²) >= 11 is 6.26. The molecule has 0 aliphatic carbocycles. The van der Waals surface area contributed by atoms with Crippen LogP contribution in [0.5, 0.6) is 11.5 Å². The predicted octanol–water partition coefficient (Wildman–Crippen LogP) is 2.82. The Hall–Kier alpha value is -1.46.